The SMILES string of the molecule is COc1ccc([C@H](CNC(=O)c2ccc(SC)cc2)N2CCCCC2)cc1. The largest absolute Gasteiger partial charge is 0.497 e. The van der Waals surface area contributed by atoms with E-state index in [0.29, 0.717) is 12.1 Å². The van der Waals surface area contributed by atoms with Crippen LogP contribution < -0.4 is 10.1 Å². The first-order valence-electron chi connectivity index (χ1n) is 9.51. The summed E-state index contributed by atoms with van der Waals surface area (Å²) in [5.74, 6) is 0.840. The molecule has 0 saturated carbocycles. The Labute approximate surface area is 166 Å². The monoisotopic (exact) mass is 384 g/mol. The molecule has 27 heavy (non-hydrogen) atoms. The van der Waals surface area contributed by atoms with E-state index in [2.05, 4.69) is 22.3 Å². The van der Waals surface area contributed by atoms with Crippen LogP contribution in [0.5, 0.6) is 5.75 Å². The van der Waals surface area contributed by atoms with Gasteiger partial charge >= 0.3 is 0 Å². The van der Waals surface area contributed by atoms with Crippen molar-refractivity contribution in [3.63, 3.8) is 0 Å². The van der Waals surface area contributed by atoms with Crippen molar-refractivity contribution in [3.8, 4) is 5.75 Å². The standard InChI is InChI=1S/C22H28N2O2S/c1-26-19-10-6-17(7-11-19)21(24-14-4-3-5-15-24)16-23-22(25)18-8-12-20(27-2)13-9-18/h6-13,21H,3-5,14-16H2,1-2H3,(H,23,25)/t21-/m0/s1. The van der Waals surface area contributed by atoms with Crippen molar-refractivity contribution < 1.29 is 9.53 Å². The van der Waals surface area contributed by atoms with Crippen LogP contribution in [0.25, 0.3) is 0 Å². The fraction of sp³-hybridized carbons (Fsp3) is 0.409. The molecule has 2 aromatic carbocycles. The molecule has 0 aromatic heterocycles. The van der Waals surface area contributed by atoms with Crippen LogP contribution in [0.1, 0.15) is 41.2 Å². The van der Waals surface area contributed by atoms with Gasteiger partial charge in [0.1, 0.15) is 5.75 Å². The number of thioether (sulfide) groups is 1. The molecule has 1 heterocycles. The maximum absolute atomic E-state index is 12.6. The third kappa shape index (κ3) is 5.27. The minimum atomic E-state index is -0.0156. The number of hydrogen-bond donors (Lipinski definition) is 1. The first kappa shape index (κ1) is 19.8. The number of nitrogens with zero attached hydrogens (tertiary/aromatic N) is 1. The first-order valence-corrected chi connectivity index (χ1v) is 10.7. The Morgan fingerprint density at radius 3 is 2.33 bits per heavy atom. The Morgan fingerprint density at radius 2 is 1.74 bits per heavy atom. The Hall–Kier alpha value is -1.98. The molecule has 3 rings (SSSR count). The van der Waals surface area contributed by atoms with Crippen LogP contribution in [0.15, 0.2) is 53.4 Å². The van der Waals surface area contributed by atoms with E-state index < -0.39 is 0 Å². The van der Waals surface area contributed by atoms with Gasteiger partial charge in [-0.3, -0.25) is 9.69 Å². The van der Waals surface area contributed by atoms with Gasteiger partial charge in [0.2, 0.25) is 0 Å². The third-order valence-corrected chi connectivity index (χ3v) is 5.88. The van der Waals surface area contributed by atoms with E-state index in [-0.39, 0.29) is 11.9 Å². The second-order valence-corrected chi connectivity index (χ2v) is 7.70. The number of hydrogen-bond acceptors (Lipinski definition) is 4. The van der Waals surface area contributed by atoms with E-state index in [0.717, 1.165) is 23.7 Å². The predicted octanol–water partition coefficient (Wildman–Crippen LogP) is 4.37. The number of methoxy groups -OCH3 is 1. The molecule has 1 fully saturated rings. The summed E-state index contributed by atoms with van der Waals surface area (Å²) in [6.07, 6.45) is 5.76. The quantitative estimate of drug-likeness (QED) is 0.720. The minimum absolute atomic E-state index is 0.0156. The Balaban J connectivity index is 1.70. The van der Waals surface area contributed by atoms with Gasteiger partial charge in [-0.15, -0.1) is 11.8 Å². The molecule has 0 unspecified atom stereocenters. The fourth-order valence-corrected chi connectivity index (χ4v) is 3.96. The van der Waals surface area contributed by atoms with Gasteiger partial charge in [0.25, 0.3) is 5.91 Å². The molecule has 5 heteroatoms. The summed E-state index contributed by atoms with van der Waals surface area (Å²) in [5, 5.41) is 3.14. The zero-order valence-electron chi connectivity index (χ0n) is 16.1. The summed E-state index contributed by atoms with van der Waals surface area (Å²) in [4.78, 5) is 16.3. The molecule has 1 aliphatic heterocycles. The van der Waals surface area contributed by atoms with Gasteiger partial charge < -0.3 is 10.1 Å². The maximum Gasteiger partial charge on any atom is 0.251 e. The average Bonchev–Trinajstić information content (AvgIpc) is 2.75. The summed E-state index contributed by atoms with van der Waals surface area (Å²) in [6.45, 7) is 2.76. The molecular weight excluding hydrogens is 356 g/mol. The van der Waals surface area contributed by atoms with Crippen LogP contribution in [0.2, 0.25) is 0 Å². The van der Waals surface area contributed by atoms with Gasteiger partial charge in [0.15, 0.2) is 0 Å². The predicted molar refractivity (Wildman–Crippen MR) is 112 cm³/mol. The van der Waals surface area contributed by atoms with Crippen LogP contribution >= 0.6 is 11.8 Å². The molecule has 1 saturated heterocycles. The van der Waals surface area contributed by atoms with Gasteiger partial charge in [0.05, 0.1) is 13.2 Å². The van der Waals surface area contributed by atoms with Crippen molar-refractivity contribution in [2.75, 3.05) is 33.0 Å². The van der Waals surface area contributed by atoms with Gasteiger partial charge in [0, 0.05) is 17.0 Å². The summed E-state index contributed by atoms with van der Waals surface area (Å²) in [5.41, 5.74) is 1.93. The molecule has 144 valence electrons. The number of amides is 1. The third-order valence-electron chi connectivity index (χ3n) is 5.14. The van der Waals surface area contributed by atoms with Crippen molar-refractivity contribution in [1.82, 2.24) is 10.2 Å². The molecule has 1 atom stereocenters. The molecular formula is C22H28N2O2S. The Kier molecular flexibility index (Phi) is 7.18. The topological polar surface area (TPSA) is 41.6 Å². The van der Waals surface area contributed by atoms with Crippen LogP contribution in [-0.2, 0) is 0 Å². The highest BCUT2D eigenvalue weighted by Crippen LogP contribution is 2.26. The first-order chi connectivity index (χ1) is 13.2. The number of nitrogens with one attached hydrogen (secondary N) is 1. The Morgan fingerprint density at radius 1 is 1.07 bits per heavy atom. The highest BCUT2D eigenvalue weighted by molar-refractivity contribution is 7.98. The lowest BCUT2D eigenvalue weighted by Gasteiger charge is -2.35. The molecule has 2 aromatic rings. The lowest BCUT2D eigenvalue weighted by Crippen LogP contribution is -2.40. The molecule has 1 amide bonds. The molecule has 0 bridgehead atoms. The van der Waals surface area contributed by atoms with E-state index in [1.54, 1.807) is 18.9 Å². The number of carbonyl (C=O) groups excluding carboxylic acids is 1. The van der Waals surface area contributed by atoms with Crippen molar-refractivity contribution in [1.29, 1.82) is 0 Å². The number of benzene rings is 2. The molecule has 0 spiro atoms. The van der Waals surface area contributed by atoms with Crippen molar-refractivity contribution in [2.45, 2.75) is 30.2 Å². The number of rotatable bonds is 7. The lowest BCUT2D eigenvalue weighted by atomic mass is 10.0. The number of likely N-dealkylation sites (tertiary alicyclic amines) is 1. The summed E-state index contributed by atoms with van der Waals surface area (Å²) < 4.78 is 5.28. The normalized spacial score (nSPS) is 15.9. The van der Waals surface area contributed by atoms with E-state index in [9.17, 15) is 4.79 Å². The van der Waals surface area contributed by atoms with Crippen LogP contribution in [0.3, 0.4) is 0 Å². The maximum atomic E-state index is 12.6. The highest BCUT2D eigenvalue weighted by atomic mass is 32.2. The van der Waals surface area contributed by atoms with E-state index in [1.165, 1.54) is 24.8 Å². The van der Waals surface area contributed by atoms with Crippen molar-refractivity contribution in [2.24, 2.45) is 0 Å². The smallest absolute Gasteiger partial charge is 0.251 e. The van der Waals surface area contributed by atoms with E-state index in [1.807, 2.05) is 42.7 Å². The van der Waals surface area contributed by atoms with Gasteiger partial charge in [-0.2, -0.15) is 0 Å². The summed E-state index contributed by atoms with van der Waals surface area (Å²) in [6, 6.07) is 16.2. The number of ether oxygens (including phenoxy) is 1. The highest BCUT2D eigenvalue weighted by Gasteiger charge is 2.23. The average molecular weight is 385 g/mol. The van der Waals surface area contributed by atoms with E-state index in [4.69, 9.17) is 4.74 Å². The van der Waals surface area contributed by atoms with Crippen molar-refractivity contribution in [3.05, 3.63) is 59.7 Å². The van der Waals surface area contributed by atoms with E-state index >= 15 is 0 Å². The second kappa shape index (κ2) is 9.81. The number of carbonyl (C=O) groups is 1. The molecule has 4 nitrogen and oxygen atoms in total. The van der Waals surface area contributed by atoms with Crippen LogP contribution in [-0.4, -0.2) is 43.8 Å². The molecule has 1 aliphatic rings. The Bertz CT molecular complexity index is 725. The second-order valence-electron chi connectivity index (χ2n) is 6.82. The van der Waals surface area contributed by atoms with Gasteiger partial charge in [-0.25, -0.2) is 0 Å². The zero-order valence-corrected chi connectivity index (χ0v) is 16.9. The molecule has 0 aliphatic carbocycles. The molecule has 1 N–H and O–H groups in total. The lowest BCUT2D eigenvalue weighted by molar-refractivity contribution is 0.0924. The van der Waals surface area contributed by atoms with Crippen LogP contribution in [0.4, 0.5) is 0 Å². The van der Waals surface area contributed by atoms with Crippen molar-refractivity contribution >= 4 is 17.7 Å². The minimum Gasteiger partial charge on any atom is -0.497 e. The zero-order chi connectivity index (χ0) is 19.1. The summed E-state index contributed by atoms with van der Waals surface area (Å²) >= 11 is 1.68. The van der Waals surface area contributed by atoms with Crippen LogP contribution in [0, 0.1) is 0 Å². The summed E-state index contributed by atoms with van der Waals surface area (Å²) in [7, 11) is 1.68. The van der Waals surface area contributed by atoms with Gasteiger partial charge in [-0.05, 0) is 74.1 Å². The fourth-order valence-electron chi connectivity index (χ4n) is 3.55. The number of piperidine rings is 1. The molecule has 0 radical (unpaired) electrons. The van der Waals surface area contributed by atoms with Gasteiger partial charge in [-0.1, -0.05) is 18.6 Å².